The molecule has 0 aliphatic heterocycles. The standard InChI is InChI=1S/C17H15BrO4S/c1-2-21-13-6-3-12(4-7-13)5-10-17(20)22-11-14(19)15-8-9-16(18)23-15/h3-10H,2,11H2,1H3/b10-5+. The van der Waals surface area contributed by atoms with Crippen LogP contribution in [0.4, 0.5) is 0 Å². The minimum absolute atomic E-state index is 0.219. The van der Waals surface area contributed by atoms with Crippen LogP contribution in [0.25, 0.3) is 6.08 Å². The van der Waals surface area contributed by atoms with Gasteiger partial charge in [0.2, 0.25) is 5.78 Å². The highest BCUT2D eigenvalue weighted by atomic mass is 79.9. The maximum absolute atomic E-state index is 11.8. The number of hydrogen-bond donors (Lipinski definition) is 0. The van der Waals surface area contributed by atoms with Gasteiger partial charge in [0.25, 0.3) is 0 Å². The van der Waals surface area contributed by atoms with Crippen molar-refractivity contribution in [3.8, 4) is 5.75 Å². The molecule has 0 saturated carbocycles. The van der Waals surface area contributed by atoms with Gasteiger partial charge in [-0.15, -0.1) is 11.3 Å². The Kier molecular flexibility index (Phi) is 6.55. The number of ketones is 1. The fourth-order valence-corrected chi connectivity index (χ4v) is 3.04. The van der Waals surface area contributed by atoms with Crippen LogP contribution in [-0.2, 0) is 9.53 Å². The molecule has 0 bridgehead atoms. The predicted octanol–water partition coefficient (Wildman–Crippen LogP) is 4.35. The van der Waals surface area contributed by atoms with E-state index in [9.17, 15) is 9.59 Å². The van der Waals surface area contributed by atoms with Crippen LogP contribution in [0.2, 0.25) is 0 Å². The van der Waals surface area contributed by atoms with E-state index in [0.29, 0.717) is 11.5 Å². The quantitative estimate of drug-likeness (QED) is 0.398. The van der Waals surface area contributed by atoms with Gasteiger partial charge >= 0.3 is 5.97 Å². The number of hydrogen-bond acceptors (Lipinski definition) is 5. The lowest BCUT2D eigenvalue weighted by atomic mass is 10.2. The first kappa shape index (κ1) is 17.4. The second-order valence-electron chi connectivity index (χ2n) is 4.47. The lowest BCUT2D eigenvalue weighted by molar-refractivity contribution is -0.136. The summed E-state index contributed by atoms with van der Waals surface area (Å²) in [5.74, 6) is 0.00584. The summed E-state index contributed by atoms with van der Waals surface area (Å²) < 4.78 is 11.1. The van der Waals surface area contributed by atoms with Gasteiger partial charge in [0.05, 0.1) is 15.3 Å². The van der Waals surface area contributed by atoms with Crippen LogP contribution < -0.4 is 4.74 Å². The fourth-order valence-electron chi connectivity index (χ4n) is 1.73. The van der Waals surface area contributed by atoms with Crippen LogP contribution in [0.5, 0.6) is 5.75 Å². The van der Waals surface area contributed by atoms with E-state index in [-0.39, 0.29) is 12.4 Å². The lowest BCUT2D eigenvalue weighted by Gasteiger charge is -2.02. The van der Waals surface area contributed by atoms with Crippen molar-refractivity contribution >= 4 is 45.1 Å². The number of halogens is 1. The average Bonchev–Trinajstić information content (AvgIpc) is 2.99. The zero-order valence-electron chi connectivity index (χ0n) is 12.5. The summed E-state index contributed by atoms with van der Waals surface area (Å²) in [6, 6.07) is 10.8. The van der Waals surface area contributed by atoms with Crippen molar-refractivity contribution in [2.24, 2.45) is 0 Å². The van der Waals surface area contributed by atoms with E-state index in [1.165, 1.54) is 17.4 Å². The molecule has 1 aromatic carbocycles. The molecular formula is C17H15BrO4S. The molecule has 2 aromatic rings. The highest BCUT2D eigenvalue weighted by molar-refractivity contribution is 9.11. The highest BCUT2D eigenvalue weighted by Gasteiger charge is 2.10. The number of esters is 1. The Balaban J connectivity index is 1.83. The van der Waals surface area contributed by atoms with Gasteiger partial charge in [-0.3, -0.25) is 4.79 Å². The molecule has 4 nitrogen and oxygen atoms in total. The van der Waals surface area contributed by atoms with Gasteiger partial charge in [-0.2, -0.15) is 0 Å². The Bertz CT molecular complexity index is 704. The number of carbonyl (C=O) groups is 2. The normalized spacial score (nSPS) is 10.7. The predicted molar refractivity (Wildman–Crippen MR) is 94.0 cm³/mol. The van der Waals surface area contributed by atoms with Gasteiger partial charge in [0.15, 0.2) is 6.61 Å². The Morgan fingerprint density at radius 2 is 1.91 bits per heavy atom. The summed E-state index contributed by atoms with van der Waals surface area (Å²) in [5.41, 5.74) is 0.846. The number of Topliss-reactive ketones (excluding diaryl/α,β-unsaturated/α-hetero) is 1. The monoisotopic (exact) mass is 394 g/mol. The van der Waals surface area contributed by atoms with E-state index in [0.717, 1.165) is 15.1 Å². The number of rotatable bonds is 7. The Labute approximate surface area is 146 Å². The third kappa shape index (κ3) is 5.65. The maximum atomic E-state index is 11.8. The summed E-state index contributed by atoms with van der Waals surface area (Å²) in [4.78, 5) is 24.0. The Morgan fingerprint density at radius 3 is 2.52 bits per heavy atom. The van der Waals surface area contributed by atoms with Crippen molar-refractivity contribution in [3.05, 3.63) is 56.7 Å². The molecule has 0 aliphatic rings. The molecule has 0 N–H and O–H groups in total. The molecule has 23 heavy (non-hydrogen) atoms. The van der Waals surface area contributed by atoms with Crippen LogP contribution in [0.15, 0.2) is 46.3 Å². The zero-order chi connectivity index (χ0) is 16.7. The van der Waals surface area contributed by atoms with Crippen LogP contribution in [0, 0.1) is 0 Å². The number of thiophene rings is 1. The van der Waals surface area contributed by atoms with Crippen LogP contribution >= 0.6 is 27.3 Å². The Hall–Kier alpha value is -1.92. The van der Waals surface area contributed by atoms with Crippen molar-refractivity contribution < 1.29 is 19.1 Å². The molecule has 0 saturated heterocycles. The van der Waals surface area contributed by atoms with Crippen molar-refractivity contribution in [1.29, 1.82) is 0 Å². The second kappa shape index (κ2) is 8.64. The number of ether oxygens (including phenoxy) is 2. The third-order valence-corrected chi connectivity index (χ3v) is 4.46. The molecule has 0 unspecified atom stereocenters. The maximum Gasteiger partial charge on any atom is 0.331 e. The fraction of sp³-hybridized carbons (Fsp3) is 0.176. The van der Waals surface area contributed by atoms with Gasteiger partial charge in [-0.1, -0.05) is 12.1 Å². The molecule has 0 spiro atoms. The summed E-state index contributed by atoms with van der Waals surface area (Å²) >= 11 is 4.59. The summed E-state index contributed by atoms with van der Waals surface area (Å²) in [5, 5.41) is 0. The lowest BCUT2D eigenvalue weighted by Crippen LogP contribution is -2.11. The SMILES string of the molecule is CCOc1ccc(/C=C/C(=O)OCC(=O)c2ccc(Br)s2)cc1. The zero-order valence-corrected chi connectivity index (χ0v) is 14.9. The number of carbonyl (C=O) groups excluding carboxylic acids is 2. The van der Waals surface area contributed by atoms with Crippen molar-refractivity contribution in [3.63, 3.8) is 0 Å². The van der Waals surface area contributed by atoms with E-state index >= 15 is 0 Å². The molecule has 0 radical (unpaired) electrons. The minimum atomic E-state index is -0.553. The van der Waals surface area contributed by atoms with Crippen molar-refractivity contribution in [1.82, 2.24) is 0 Å². The van der Waals surface area contributed by atoms with Crippen LogP contribution in [0.3, 0.4) is 0 Å². The first-order chi connectivity index (χ1) is 11.1. The van der Waals surface area contributed by atoms with E-state index in [1.807, 2.05) is 31.2 Å². The van der Waals surface area contributed by atoms with E-state index in [2.05, 4.69) is 15.9 Å². The van der Waals surface area contributed by atoms with Crippen molar-refractivity contribution in [2.75, 3.05) is 13.2 Å². The summed E-state index contributed by atoms with van der Waals surface area (Å²) in [6.07, 6.45) is 2.93. The van der Waals surface area contributed by atoms with Gasteiger partial charge in [0.1, 0.15) is 5.75 Å². The molecule has 0 aliphatic carbocycles. The number of benzene rings is 1. The average molecular weight is 395 g/mol. The molecule has 1 aromatic heterocycles. The molecule has 1 heterocycles. The summed E-state index contributed by atoms with van der Waals surface area (Å²) in [6.45, 7) is 2.26. The molecular weight excluding hydrogens is 380 g/mol. The van der Waals surface area contributed by atoms with Crippen molar-refractivity contribution in [2.45, 2.75) is 6.92 Å². The van der Waals surface area contributed by atoms with Gasteiger partial charge in [-0.25, -0.2) is 4.79 Å². The van der Waals surface area contributed by atoms with Crippen LogP contribution in [0.1, 0.15) is 22.2 Å². The van der Waals surface area contributed by atoms with Crippen LogP contribution in [-0.4, -0.2) is 25.0 Å². The largest absolute Gasteiger partial charge is 0.494 e. The van der Waals surface area contributed by atoms with Gasteiger partial charge in [0, 0.05) is 6.08 Å². The van der Waals surface area contributed by atoms with Gasteiger partial charge in [-0.05, 0) is 58.8 Å². The second-order valence-corrected chi connectivity index (χ2v) is 6.93. The topological polar surface area (TPSA) is 52.6 Å². The minimum Gasteiger partial charge on any atom is -0.494 e. The smallest absolute Gasteiger partial charge is 0.331 e. The Morgan fingerprint density at radius 1 is 1.17 bits per heavy atom. The van der Waals surface area contributed by atoms with E-state index in [4.69, 9.17) is 9.47 Å². The van der Waals surface area contributed by atoms with Gasteiger partial charge < -0.3 is 9.47 Å². The molecule has 2 rings (SSSR count). The highest BCUT2D eigenvalue weighted by Crippen LogP contribution is 2.22. The molecule has 0 fully saturated rings. The molecule has 120 valence electrons. The van der Waals surface area contributed by atoms with E-state index < -0.39 is 5.97 Å². The third-order valence-electron chi connectivity index (χ3n) is 2.80. The summed E-state index contributed by atoms with van der Waals surface area (Å²) in [7, 11) is 0. The molecule has 0 amide bonds. The molecule has 6 heteroatoms. The van der Waals surface area contributed by atoms with E-state index in [1.54, 1.807) is 18.2 Å². The first-order valence-electron chi connectivity index (χ1n) is 6.94. The molecule has 0 atom stereocenters. The first-order valence-corrected chi connectivity index (χ1v) is 8.55.